The van der Waals surface area contributed by atoms with Crippen molar-refractivity contribution in [3.05, 3.63) is 58.9 Å². The first-order chi connectivity index (χ1) is 9.94. The molecule has 2 rings (SSSR count). The van der Waals surface area contributed by atoms with E-state index >= 15 is 0 Å². The molecule has 1 heterocycles. The minimum atomic E-state index is -3.79. The van der Waals surface area contributed by atoms with Crippen LogP contribution in [0.1, 0.15) is 24.1 Å². The lowest BCUT2D eigenvalue weighted by atomic mass is 10.2. The van der Waals surface area contributed by atoms with Crippen molar-refractivity contribution >= 4 is 21.6 Å². The summed E-state index contributed by atoms with van der Waals surface area (Å²) in [4.78, 5) is 3.91. The predicted octanol–water partition coefficient (Wildman–Crippen LogP) is 2.27. The molecule has 0 saturated heterocycles. The molecule has 1 unspecified atom stereocenters. The zero-order chi connectivity index (χ0) is 15.5. The Morgan fingerprint density at radius 1 is 1.38 bits per heavy atom. The largest absolute Gasteiger partial charge is 0.392 e. The number of aliphatic hydroxyl groups excluding tert-OH is 1. The Morgan fingerprint density at radius 3 is 2.76 bits per heavy atom. The fraction of sp³-hybridized carbons (Fsp3) is 0.214. The Hall–Kier alpha value is -1.47. The second-order valence-electron chi connectivity index (χ2n) is 4.55. The van der Waals surface area contributed by atoms with Crippen LogP contribution in [0.2, 0.25) is 5.02 Å². The van der Waals surface area contributed by atoms with Gasteiger partial charge in [0.1, 0.15) is 4.90 Å². The van der Waals surface area contributed by atoms with Crippen LogP contribution in [0.5, 0.6) is 0 Å². The van der Waals surface area contributed by atoms with Crippen LogP contribution in [0.25, 0.3) is 0 Å². The molecule has 1 aromatic carbocycles. The van der Waals surface area contributed by atoms with Crippen molar-refractivity contribution in [3.63, 3.8) is 0 Å². The van der Waals surface area contributed by atoms with Crippen LogP contribution in [-0.2, 0) is 16.6 Å². The normalized spacial score (nSPS) is 13.1. The topological polar surface area (TPSA) is 79.3 Å². The zero-order valence-corrected chi connectivity index (χ0v) is 12.9. The molecule has 0 aliphatic heterocycles. The van der Waals surface area contributed by atoms with Crippen LogP contribution in [0.3, 0.4) is 0 Å². The molecule has 1 atom stereocenters. The van der Waals surface area contributed by atoms with Crippen molar-refractivity contribution < 1.29 is 13.5 Å². The molecule has 1 aromatic heterocycles. The van der Waals surface area contributed by atoms with Crippen LogP contribution in [0.15, 0.2) is 47.6 Å². The summed E-state index contributed by atoms with van der Waals surface area (Å²) in [5, 5.41) is 9.22. The van der Waals surface area contributed by atoms with Crippen molar-refractivity contribution in [2.45, 2.75) is 24.5 Å². The number of hydrogen-bond acceptors (Lipinski definition) is 4. The van der Waals surface area contributed by atoms with E-state index in [9.17, 15) is 8.42 Å². The maximum absolute atomic E-state index is 12.4. The summed E-state index contributed by atoms with van der Waals surface area (Å²) in [7, 11) is -3.79. The number of rotatable bonds is 5. The van der Waals surface area contributed by atoms with E-state index in [4.69, 9.17) is 16.7 Å². The average Bonchev–Trinajstić information content (AvgIpc) is 2.48. The van der Waals surface area contributed by atoms with Gasteiger partial charge in [0.05, 0.1) is 11.6 Å². The molecule has 0 saturated carbocycles. The number of aromatic nitrogens is 1. The lowest BCUT2D eigenvalue weighted by molar-refractivity contribution is 0.281. The molecule has 112 valence electrons. The summed E-state index contributed by atoms with van der Waals surface area (Å²) in [5.41, 5.74) is 1.23. The van der Waals surface area contributed by atoms with Crippen molar-refractivity contribution in [2.24, 2.45) is 0 Å². The fourth-order valence-electron chi connectivity index (χ4n) is 1.85. The Labute approximate surface area is 128 Å². The van der Waals surface area contributed by atoms with Gasteiger partial charge in [-0.15, -0.1) is 0 Å². The van der Waals surface area contributed by atoms with Gasteiger partial charge in [-0.2, -0.15) is 0 Å². The molecule has 0 amide bonds. The zero-order valence-electron chi connectivity index (χ0n) is 11.3. The molecule has 5 nitrogen and oxygen atoms in total. The van der Waals surface area contributed by atoms with Gasteiger partial charge in [0.25, 0.3) is 0 Å². The van der Waals surface area contributed by atoms with Crippen molar-refractivity contribution in [3.8, 4) is 0 Å². The van der Waals surface area contributed by atoms with Gasteiger partial charge in [0.2, 0.25) is 10.0 Å². The number of nitrogens with zero attached hydrogens (tertiary/aromatic N) is 1. The molecule has 0 fully saturated rings. The van der Waals surface area contributed by atoms with E-state index < -0.39 is 16.1 Å². The summed E-state index contributed by atoms with van der Waals surface area (Å²) in [5.74, 6) is 0. The van der Waals surface area contributed by atoms with Crippen LogP contribution >= 0.6 is 11.6 Å². The maximum Gasteiger partial charge on any atom is 0.242 e. The average molecular weight is 327 g/mol. The first kappa shape index (κ1) is 15.9. The first-order valence-corrected chi connectivity index (χ1v) is 8.11. The molecule has 21 heavy (non-hydrogen) atoms. The van der Waals surface area contributed by atoms with Crippen LogP contribution < -0.4 is 4.72 Å². The number of pyridine rings is 1. The minimum Gasteiger partial charge on any atom is -0.392 e. The van der Waals surface area contributed by atoms with Gasteiger partial charge in [-0.05, 0) is 36.2 Å². The van der Waals surface area contributed by atoms with Gasteiger partial charge in [0.15, 0.2) is 0 Å². The second-order valence-corrected chi connectivity index (χ2v) is 6.64. The monoisotopic (exact) mass is 326 g/mol. The second kappa shape index (κ2) is 6.53. The Balaban J connectivity index is 2.30. The number of nitrogens with one attached hydrogen (secondary N) is 1. The highest BCUT2D eigenvalue weighted by Crippen LogP contribution is 2.24. The highest BCUT2D eigenvalue weighted by atomic mass is 35.5. The summed E-state index contributed by atoms with van der Waals surface area (Å²) in [6.07, 6.45) is 3.21. The van der Waals surface area contributed by atoms with Crippen molar-refractivity contribution in [2.75, 3.05) is 0 Å². The molecule has 2 aromatic rings. The number of benzene rings is 1. The molecule has 7 heteroatoms. The predicted molar refractivity (Wildman–Crippen MR) is 80.3 cm³/mol. The van der Waals surface area contributed by atoms with Crippen LogP contribution in [0, 0.1) is 0 Å². The van der Waals surface area contributed by atoms with Gasteiger partial charge in [-0.1, -0.05) is 23.7 Å². The Kier molecular flexibility index (Phi) is 4.95. The lowest BCUT2D eigenvalue weighted by Crippen LogP contribution is -2.27. The molecule has 0 bridgehead atoms. The number of halogens is 1. The highest BCUT2D eigenvalue weighted by Gasteiger charge is 2.21. The number of aliphatic hydroxyl groups is 1. The van der Waals surface area contributed by atoms with E-state index in [1.54, 1.807) is 37.5 Å². The summed E-state index contributed by atoms with van der Waals surface area (Å²) in [6, 6.07) is 7.46. The van der Waals surface area contributed by atoms with E-state index in [1.165, 1.54) is 12.1 Å². The highest BCUT2D eigenvalue weighted by molar-refractivity contribution is 7.89. The van der Waals surface area contributed by atoms with E-state index in [2.05, 4.69) is 9.71 Å². The lowest BCUT2D eigenvalue weighted by Gasteiger charge is -2.15. The van der Waals surface area contributed by atoms with Crippen LogP contribution in [0.4, 0.5) is 0 Å². The third-order valence-electron chi connectivity index (χ3n) is 2.98. The Morgan fingerprint density at radius 2 is 2.14 bits per heavy atom. The van der Waals surface area contributed by atoms with E-state index in [-0.39, 0.29) is 16.5 Å². The molecule has 0 aliphatic rings. The standard InChI is InChI=1S/C14H15ClN2O3S/c1-10(12-3-2-6-16-8-12)17-21(19,20)14-7-11(9-18)4-5-13(14)15/h2-8,10,17-18H,9H2,1H3. The van der Waals surface area contributed by atoms with Gasteiger partial charge >= 0.3 is 0 Å². The molecular weight excluding hydrogens is 312 g/mol. The minimum absolute atomic E-state index is 0.0496. The smallest absolute Gasteiger partial charge is 0.242 e. The van der Waals surface area contributed by atoms with Gasteiger partial charge in [0, 0.05) is 18.4 Å². The summed E-state index contributed by atoms with van der Waals surface area (Å²) < 4.78 is 27.4. The third kappa shape index (κ3) is 3.79. The van der Waals surface area contributed by atoms with Crippen molar-refractivity contribution in [1.29, 1.82) is 0 Å². The van der Waals surface area contributed by atoms with Gasteiger partial charge < -0.3 is 5.11 Å². The SMILES string of the molecule is CC(NS(=O)(=O)c1cc(CO)ccc1Cl)c1cccnc1. The molecular formula is C14H15ClN2O3S. The summed E-state index contributed by atoms with van der Waals surface area (Å²) >= 11 is 5.95. The van der Waals surface area contributed by atoms with Gasteiger partial charge in [-0.3, -0.25) is 4.98 Å². The molecule has 2 N–H and O–H groups in total. The summed E-state index contributed by atoms with van der Waals surface area (Å²) in [6.45, 7) is 1.47. The molecule has 0 radical (unpaired) electrons. The third-order valence-corrected chi connectivity index (χ3v) is 5.01. The van der Waals surface area contributed by atoms with Crippen molar-refractivity contribution in [1.82, 2.24) is 9.71 Å². The number of hydrogen-bond donors (Lipinski definition) is 2. The van der Waals surface area contributed by atoms with E-state index in [1.807, 2.05) is 0 Å². The first-order valence-electron chi connectivity index (χ1n) is 6.25. The maximum atomic E-state index is 12.4. The van der Waals surface area contributed by atoms with Gasteiger partial charge in [-0.25, -0.2) is 13.1 Å². The molecule has 0 aliphatic carbocycles. The quantitative estimate of drug-likeness (QED) is 0.883. The number of sulfonamides is 1. The Bertz CT molecular complexity index is 720. The molecule has 0 spiro atoms. The van der Waals surface area contributed by atoms with E-state index in [0.29, 0.717) is 5.56 Å². The van der Waals surface area contributed by atoms with Crippen LogP contribution in [-0.4, -0.2) is 18.5 Å². The van der Waals surface area contributed by atoms with E-state index in [0.717, 1.165) is 5.56 Å². The fourth-order valence-corrected chi connectivity index (χ4v) is 3.63.